The van der Waals surface area contributed by atoms with E-state index in [-0.39, 0.29) is 0 Å². The van der Waals surface area contributed by atoms with E-state index in [0.717, 1.165) is 42.1 Å². The summed E-state index contributed by atoms with van der Waals surface area (Å²) in [5, 5.41) is 3.33. The Morgan fingerprint density at radius 2 is 1.85 bits per heavy atom. The summed E-state index contributed by atoms with van der Waals surface area (Å²) in [4.78, 5) is 4.27. The van der Waals surface area contributed by atoms with Crippen LogP contribution >= 0.6 is 0 Å². The topological polar surface area (TPSA) is 80.3 Å². The minimum atomic E-state index is -3.10. The van der Waals surface area contributed by atoms with E-state index in [4.69, 9.17) is 4.74 Å². The van der Waals surface area contributed by atoms with Crippen molar-refractivity contribution in [3.63, 3.8) is 0 Å². The minimum Gasteiger partial charge on any atom is -0.487 e. The van der Waals surface area contributed by atoms with Crippen molar-refractivity contribution >= 4 is 10.0 Å². The molecular formula is C19H27N3O3S. The first-order valence-corrected chi connectivity index (χ1v) is 10.5. The molecule has 0 bridgehead atoms. The predicted octanol–water partition coefficient (Wildman–Crippen LogP) is 2.31. The first-order valence-electron chi connectivity index (χ1n) is 8.63. The third-order valence-electron chi connectivity index (χ3n) is 3.83. The molecule has 1 aromatic heterocycles. The first-order chi connectivity index (χ1) is 12.3. The number of ether oxygens (including phenoxy) is 1. The van der Waals surface area contributed by atoms with Crippen molar-refractivity contribution in [3.05, 3.63) is 58.9 Å². The van der Waals surface area contributed by atoms with Crippen molar-refractivity contribution in [2.45, 2.75) is 33.4 Å². The lowest BCUT2D eigenvalue weighted by molar-refractivity contribution is 0.297. The molecule has 2 aromatic rings. The molecule has 0 radical (unpaired) electrons. The minimum absolute atomic E-state index is 0.449. The Balaban J connectivity index is 1.82. The fraction of sp³-hybridized carbons (Fsp3) is 0.421. The lowest BCUT2D eigenvalue weighted by Gasteiger charge is -2.14. The zero-order valence-electron chi connectivity index (χ0n) is 15.6. The quantitative estimate of drug-likeness (QED) is 0.621. The maximum atomic E-state index is 11.0. The third kappa shape index (κ3) is 7.11. The van der Waals surface area contributed by atoms with Crippen molar-refractivity contribution < 1.29 is 13.2 Å². The molecule has 7 heteroatoms. The van der Waals surface area contributed by atoms with Crippen LogP contribution in [0.3, 0.4) is 0 Å². The summed E-state index contributed by atoms with van der Waals surface area (Å²) in [6, 6.07) is 10.0. The van der Waals surface area contributed by atoms with Crippen LogP contribution in [-0.2, 0) is 23.2 Å². The van der Waals surface area contributed by atoms with E-state index < -0.39 is 10.0 Å². The molecule has 6 nitrogen and oxygen atoms in total. The molecule has 0 saturated heterocycles. The molecule has 0 aliphatic rings. The zero-order chi connectivity index (χ0) is 19.0. The number of nitrogens with zero attached hydrogens (tertiary/aromatic N) is 1. The number of nitrogens with one attached hydrogen (secondary N) is 2. The van der Waals surface area contributed by atoms with Gasteiger partial charge in [0.2, 0.25) is 10.0 Å². The summed E-state index contributed by atoms with van der Waals surface area (Å²) >= 11 is 0. The van der Waals surface area contributed by atoms with Crippen molar-refractivity contribution in [1.29, 1.82) is 0 Å². The van der Waals surface area contributed by atoms with E-state index in [1.54, 1.807) is 6.20 Å². The second-order valence-corrected chi connectivity index (χ2v) is 8.20. The zero-order valence-corrected chi connectivity index (χ0v) is 16.4. The van der Waals surface area contributed by atoms with Gasteiger partial charge in [-0.3, -0.25) is 4.98 Å². The third-order valence-corrected chi connectivity index (χ3v) is 4.56. The maximum absolute atomic E-state index is 11.0. The van der Waals surface area contributed by atoms with Gasteiger partial charge in [-0.25, -0.2) is 13.1 Å². The molecule has 0 amide bonds. The van der Waals surface area contributed by atoms with Gasteiger partial charge in [-0.1, -0.05) is 18.2 Å². The smallest absolute Gasteiger partial charge is 0.208 e. The highest BCUT2D eigenvalue weighted by molar-refractivity contribution is 7.88. The fourth-order valence-electron chi connectivity index (χ4n) is 2.70. The summed E-state index contributed by atoms with van der Waals surface area (Å²) in [5.41, 5.74) is 4.27. The molecule has 0 atom stereocenters. The number of aryl methyl sites for hydroxylation is 2. The normalized spacial score (nSPS) is 11.5. The van der Waals surface area contributed by atoms with Crippen LogP contribution in [-0.4, -0.2) is 32.7 Å². The Bertz CT molecular complexity index is 785. The highest BCUT2D eigenvalue weighted by Crippen LogP contribution is 2.25. The number of hydrogen-bond donors (Lipinski definition) is 2. The summed E-state index contributed by atoms with van der Waals surface area (Å²) in [6.45, 7) is 6.47. The molecule has 0 unspecified atom stereocenters. The molecule has 2 N–H and O–H groups in total. The van der Waals surface area contributed by atoms with Crippen LogP contribution in [0.4, 0.5) is 0 Å². The van der Waals surface area contributed by atoms with Gasteiger partial charge in [0.05, 0.1) is 11.9 Å². The Hall–Kier alpha value is -1.96. The van der Waals surface area contributed by atoms with Gasteiger partial charge in [0, 0.05) is 19.3 Å². The molecule has 0 aliphatic carbocycles. The lowest BCUT2D eigenvalue weighted by atomic mass is 10.1. The molecule has 26 heavy (non-hydrogen) atoms. The number of sulfonamides is 1. The second kappa shape index (κ2) is 9.66. The standard InChI is InChI=1S/C19H27N3O3S/c1-15-11-17(13-20-8-6-10-22-26(3,23)24)12-16(2)19(15)25-14-18-7-4-5-9-21-18/h4-5,7,9,11-12,20,22H,6,8,10,13-14H2,1-3H3. The van der Waals surface area contributed by atoms with E-state index in [2.05, 4.69) is 27.2 Å². The van der Waals surface area contributed by atoms with Gasteiger partial charge in [0.25, 0.3) is 0 Å². The van der Waals surface area contributed by atoms with Gasteiger partial charge in [-0.05, 0) is 55.6 Å². The van der Waals surface area contributed by atoms with Crippen LogP contribution in [0.25, 0.3) is 0 Å². The highest BCUT2D eigenvalue weighted by atomic mass is 32.2. The number of benzene rings is 1. The predicted molar refractivity (Wildman–Crippen MR) is 104 cm³/mol. The van der Waals surface area contributed by atoms with Gasteiger partial charge in [0.15, 0.2) is 0 Å². The summed E-state index contributed by atoms with van der Waals surface area (Å²) in [7, 11) is -3.10. The van der Waals surface area contributed by atoms with Crippen LogP contribution in [0.5, 0.6) is 5.75 Å². The molecule has 0 aliphatic heterocycles. The monoisotopic (exact) mass is 377 g/mol. The van der Waals surface area contributed by atoms with Crippen molar-refractivity contribution in [3.8, 4) is 5.75 Å². The van der Waals surface area contributed by atoms with Crippen molar-refractivity contribution in [1.82, 2.24) is 15.0 Å². The lowest BCUT2D eigenvalue weighted by Crippen LogP contribution is -2.26. The largest absolute Gasteiger partial charge is 0.487 e. The molecule has 0 saturated carbocycles. The number of pyridine rings is 1. The number of rotatable bonds is 10. The van der Waals surface area contributed by atoms with Crippen LogP contribution in [0.15, 0.2) is 36.5 Å². The molecule has 0 fully saturated rings. The van der Waals surface area contributed by atoms with Crippen LogP contribution in [0.2, 0.25) is 0 Å². The van der Waals surface area contributed by atoms with E-state index in [0.29, 0.717) is 13.2 Å². The van der Waals surface area contributed by atoms with Gasteiger partial charge < -0.3 is 10.1 Å². The maximum Gasteiger partial charge on any atom is 0.208 e. The van der Waals surface area contributed by atoms with Crippen molar-refractivity contribution in [2.75, 3.05) is 19.3 Å². The van der Waals surface area contributed by atoms with Gasteiger partial charge in [-0.2, -0.15) is 0 Å². The summed E-state index contributed by atoms with van der Waals surface area (Å²) in [5.74, 6) is 0.900. The van der Waals surface area contributed by atoms with E-state index in [9.17, 15) is 8.42 Å². The molecule has 2 rings (SSSR count). The highest BCUT2D eigenvalue weighted by Gasteiger charge is 2.07. The number of aromatic nitrogens is 1. The van der Waals surface area contributed by atoms with Crippen LogP contribution in [0.1, 0.15) is 28.8 Å². The Morgan fingerprint density at radius 1 is 1.12 bits per heavy atom. The Kier molecular flexibility index (Phi) is 7.56. The summed E-state index contributed by atoms with van der Waals surface area (Å²) in [6.07, 6.45) is 3.68. The van der Waals surface area contributed by atoms with Crippen LogP contribution in [0, 0.1) is 13.8 Å². The van der Waals surface area contributed by atoms with Gasteiger partial charge in [0.1, 0.15) is 12.4 Å². The fourth-order valence-corrected chi connectivity index (χ4v) is 3.22. The first kappa shape index (κ1) is 20.4. The van der Waals surface area contributed by atoms with E-state index in [1.807, 2.05) is 32.0 Å². The number of hydrogen-bond acceptors (Lipinski definition) is 5. The SMILES string of the molecule is Cc1cc(CNCCCNS(C)(=O)=O)cc(C)c1OCc1ccccn1. The van der Waals surface area contributed by atoms with Gasteiger partial charge in [-0.15, -0.1) is 0 Å². The molecule has 1 heterocycles. The van der Waals surface area contributed by atoms with E-state index in [1.165, 1.54) is 11.8 Å². The average molecular weight is 378 g/mol. The summed E-state index contributed by atoms with van der Waals surface area (Å²) < 4.78 is 30.4. The molecular weight excluding hydrogens is 350 g/mol. The van der Waals surface area contributed by atoms with Gasteiger partial charge >= 0.3 is 0 Å². The Morgan fingerprint density at radius 3 is 2.46 bits per heavy atom. The molecule has 1 aromatic carbocycles. The van der Waals surface area contributed by atoms with Crippen molar-refractivity contribution in [2.24, 2.45) is 0 Å². The average Bonchev–Trinajstić information content (AvgIpc) is 2.57. The Labute approximate surface area is 156 Å². The molecule has 142 valence electrons. The second-order valence-electron chi connectivity index (χ2n) is 6.37. The van der Waals surface area contributed by atoms with Crippen LogP contribution < -0.4 is 14.8 Å². The van der Waals surface area contributed by atoms with E-state index >= 15 is 0 Å². The molecule has 0 spiro atoms.